The maximum Gasteiger partial charge on any atom is 0.0319 e. The molecule has 0 unspecified atom stereocenters. The topological polar surface area (TPSA) is 23.5 Å². The van der Waals surface area contributed by atoms with Gasteiger partial charge >= 0.3 is 0 Å². The number of hydrogen-bond acceptors (Lipinski definition) is 2. The van der Waals surface area contributed by atoms with Crippen molar-refractivity contribution in [3.63, 3.8) is 0 Å². The maximum atomic E-state index is 7.00. The van der Waals surface area contributed by atoms with Gasteiger partial charge in [-0.2, -0.15) is 0 Å². The molecule has 0 saturated carbocycles. The van der Waals surface area contributed by atoms with Crippen LogP contribution in [0, 0.1) is 11.8 Å². The lowest BCUT2D eigenvalue weighted by molar-refractivity contribution is 0.0603. The molecule has 0 spiro atoms. The van der Waals surface area contributed by atoms with E-state index in [-0.39, 0.29) is 0 Å². The summed E-state index contributed by atoms with van der Waals surface area (Å²) < 4.78 is 0. The van der Waals surface area contributed by atoms with Crippen molar-refractivity contribution in [1.82, 2.24) is 4.90 Å². The van der Waals surface area contributed by atoms with Gasteiger partial charge in [0.1, 0.15) is 0 Å². The molecule has 2 heteroatoms. The lowest BCUT2D eigenvalue weighted by atomic mass is 9.80. The van der Waals surface area contributed by atoms with Crippen LogP contribution in [0.3, 0.4) is 0 Å². The number of aliphatic hydroxyl groups excluding tert-OH is 1. The summed E-state index contributed by atoms with van der Waals surface area (Å²) >= 11 is 0. The highest BCUT2D eigenvalue weighted by Crippen LogP contribution is 2.31. The Hall–Kier alpha value is -0.0800. The van der Waals surface area contributed by atoms with Crippen LogP contribution in [0.15, 0.2) is 0 Å². The molecule has 11 heavy (non-hydrogen) atoms. The Morgan fingerprint density at radius 1 is 1.18 bits per heavy atom. The third-order valence-electron chi connectivity index (χ3n) is 2.98. The zero-order chi connectivity index (χ0) is 8.27. The number of piperidine rings is 3. The standard InChI is InChI=1S/C8H15N.CH4O/c1-7-6-9-4-2-8(7)3-5-9;1-2/h7-8H,2-6H2,1H3;2H,1H3/t7-;/m0./s1. The quantitative estimate of drug-likeness (QED) is 0.566. The number of hydrogen-bond donors (Lipinski definition) is 1. The van der Waals surface area contributed by atoms with E-state index in [9.17, 15) is 0 Å². The highest BCUT2D eigenvalue weighted by Gasteiger charge is 2.30. The van der Waals surface area contributed by atoms with Crippen LogP contribution >= 0.6 is 0 Å². The van der Waals surface area contributed by atoms with Gasteiger partial charge in [0.15, 0.2) is 0 Å². The first-order valence-electron chi connectivity index (χ1n) is 4.53. The van der Waals surface area contributed by atoms with E-state index in [1.807, 2.05) is 0 Å². The molecule has 3 aliphatic heterocycles. The third-order valence-corrected chi connectivity index (χ3v) is 2.98. The maximum absolute atomic E-state index is 7.00. The van der Waals surface area contributed by atoms with E-state index in [2.05, 4.69) is 11.8 Å². The molecule has 1 atom stereocenters. The molecule has 0 aromatic carbocycles. The molecule has 3 aliphatic rings. The van der Waals surface area contributed by atoms with Gasteiger partial charge in [-0.05, 0) is 37.8 Å². The summed E-state index contributed by atoms with van der Waals surface area (Å²) in [6.45, 7) is 6.55. The Bertz CT molecular complexity index is 108. The Balaban J connectivity index is 0.000000281. The normalized spacial score (nSPS) is 41.2. The van der Waals surface area contributed by atoms with Gasteiger partial charge in [0, 0.05) is 13.7 Å². The van der Waals surface area contributed by atoms with Gasteiger partial charge in [-0.25, -0.2) is 0 Å². The molecule has 0 amide bonds. The minimum absolute atomic E-state index is 0.993. The zero-order valence-electron chi connectivity index (χ0n) is 7.58. The van der Waals surface area contributed by atoms with E-state index < -0.39 is 0 Å². The van der Waals surface area contributed by atoms with Crippen LogP contribution in [-0.4, -0.2) is 36.8 Å². The average Bonchev–Trinajstić information content (AvgIpc) is 2.10. The van der Waals surface area contributed by atoms with Crippen molar-refractivity contribution in [2.45, 2.75) is 19.8 Å². The SMILES string of the molecule is CO.C[C@H]1CN2CCC1CC2. The van der Waals surface area contributed by atoms with Gasteiger partial charge in [0.2, 0.25) is 0 Å². The molecule has 0 aliphatic carbocycles. The molecule has 66 valence electrons. The Kier molecular flexibility index (Phi) is 3.34. The summed E-state index contributed by atoms with van der Waals surface area (Å²) in [4.78, 5) is 2.60. The van der Waals surface area contributed by atoms with Crippen LogP contribution in [0.5, 0.6) is 0 Å². The average molecular weight is 157 g/mol. The van der Waals surface area contributed by atoms with Gasteiger partial charge in [-0.15, -0.1) is 0 Å². The molecule has 2 nitrogen and oxygen atoms in total. The van der Waals surface area contributed by atoms with Crippen LogP contribution in [0.2, 0.25) is 0 Å². The van der Waals surface area contributed by atoms with Crippen molar-refractivity contribution in [3.8, 4) is 0 Å². The second kappa shape index (κ2) is 4.07. The second-order valence-corrected chi connectivity index (χ2v) is 3.62. The fourth-order valence-electron chi connectivity index (χ4n) is 2.26. The van der Waals surface area contributed by atoms with Crippen molar-refractivity contribution >= 4 is 0 Å². The predicted octanol–water partition coefficient (Wildman–Crippen LogP) is 0.957. The van der Waals surface area contributed by atoms with Gasteiger partial charge in [0.25, 0.3) is 0 Å². The molecule has 1 N–H and O–H groups in total. The van der Waals surface area contributed by atoms with Crippen LogP contribution < -0.4 is 0 Å². The fraction of sp³-hybridized carbons (Fsp3) is 1.00. The van der Waals surface area contributed by atoms with E-state index in [1.165, 1.54) is 32.5 Å². The summed E-state index contributed by atoms with van der Waals surface area (Å²) in [6.07, 6.45) is 2.95. The van der Waals surface area contributed by atoms with Crippen molar-refractivity contribution < 1.29 is 5.11 Å². The van der Waals surface area contributed by atoms with Crippen molar-refractivity contribution in [2.24, 2.45) is 11.8 Å². The summed E-state index contributed by atoms with van der Waals surface area (Å²) in [5.41, 5.74) is 0. The summed E-state index contributed by atoms with van der Waals surface area (Å²) in [5.74, 6) is 2.07. The van der Waals surface area contributed by atoms with E-state index in [0.717, 1.165) is 18.9 Å². The predicted molar refractivity (Wildman–Crippen MR) is 46.5 cm³/mol. The summed E-state index contributed by atoms with van der Waals surface area (Å²) in [6, 6.07) is 0. The van der Waals surface area contributed by atoms with E-state index in [0.29, 0.717) is 0 Å². The molecule has 3 saturated heterocycles. The smallest absolute Gasteiger partial charge is 0.0319 e. The second-order valence-electron chi connectivity index (χ2n) is 3.62. The summed E-state index contributed by atoms with van der Waals surface area (Å²) in [5, 5.41) is 7.00. The molecule has 3 fully saturated rings. The van der Waals surface area contributed by atoms with Gasteiger partial charge in [-0.1, -0.05) is 6.92 Å². The number of fused-ring (bicyclic) bond motifs is 3. The van der Waals surface area contributed by atoms with E-state index >= 15 is 0 Å². The lowest BCUT2D eigenvalue weighted by Crippen LogP contribution is -2.46. The largest absolute Gasteiger partial charge is 0.400 e. The van der Waals surface area contributed by atoms with Crippen LogP contribution in [0.25, 0.3) is 0 Å². The molecule has 0 radical (unpaired) electrons. The first kappa shape index (κ1) is 9.01. The first-order valence-corrected chi connectivity index (χ1v) is 4.53. The number of nitrogens with zero attached hydrogens (tertiary/aromatic N) is 1. The first-order chi connectivity index (χ1) is 5.36. The molecule has 3 rings (SSSR count). The highest BCUT2D eigenvalue weighted by molar-refractivity contribution is 4.83. The Morgan fingerprint density at radius 3 is 1.91 bits per heavy atom. The molecular weight excluding hydrogens is 138 g/mol. The van der Waals surface area contributed by atoms with Crippen LogP contribution in [-0.2, 0) is 0 Å². The number of rotatable bonds is 0. The third kappa shape index (κ3) is 1.94. The molecular formula is C9H19NO. The molecule has 2 bridgehead atoms. The molecule has 0 aromatic rings. The minimum Gasteiger partial charge on any atom is -0.400 e. The monoisotopic (exact) mass is 157 g/mol. The highest BCUT2D eigenvalue weighted by atomic mass is 16.2. The molecule has 0 aromatic heterocycles. The Morgan fingerprint density at radius 2 is 1.73 bits per heavy atom. The zero-order valence-corrected chi connectivity index (χ0v) is 7.58. The van der Waals surface area contributed by atoms with Gasteiger partial charge < -0.3 is 10.0 Å². The van der Waals surface area contributed by atoms with Crippen molar-refractivity contribution in [1.29, 1.82) is 0 Å². The Labute approximate surface area is 69.2 Å². The summed E-state index contributed by atoms with van der Waals surface area (Å²) in [7, 11) is 1.00. The van der Waals surface area contributed by atoms with Gasteiger partial charge in [-0.3, -0.25) is 0 Å². The van der Waals surface area contributed by atoms with Gasteiger partial charge in [0.05, 0.1) is 0 Å². The molecule has 3 heterocycles. The van der Waals surface area contributed by atoms with Crippen LogP contribution in [0.4, 0.5) is 0 Å². The van der Waals surface area contributed by atoms with Crippen molar-refractivity contribution in [2.75, 3.05) is 26.7 Å². The van der Waals surface area contributed by atoms with Crippen LogP contribution in [0.1, 0.15) is 19.8 Å². The lowest BCUT2D eigenvalue weighted by Gasteiger charge is -2.43. The minimum atomic E-state index is 0.993. The van der Waals surface area contributed by atoms with E-state index in [1.54, 1.807) is 0 Å². The van der Waals surface area contributed by atoms with Crippen molar-refractivity contribution in [3.05, 3.63) is 0 Å². The number of aliphatic hydroxyl groups is 1. The fourth-order valence-corrected chi connectivity index (χ4v) is 2.26. The van der Waals surface area contributed by atoms with E-state index in [4.69, 9.17) is 5.11 Å².